The first-order valence-electron chi connectivity index (χ1n) is 4.04. The highest BCUT2D eigenvalue weighted by atomic mass is 19.3. The lowest BCUT2D eigenvalue weighted by Gasteiger charge is -2.07. The number of nitrogens with zero attached hydrogens (tertiary/aromatic N) is 2. The summed E-state index contributed by atoms with van der Waals surface area (Å²) >= 11 is 0. The van der Waals surface area contributed by atoms with Crippen LogP contribution in [0.4, 0.5) is 13.2 Å². The fourth-order valence-corrected chi connectivity index (χ4v) is 1.17. The van der Waals surface area contributed by atoms with Crippen molar-refractivity contribution < 1.29 is 23.1 Å². The molecule has 1 heterocycles. The van der Waals surface area contributed by atoms with Crippen LogP contribution in [-0.2, 0) is 11.2 Å². The van der Waals surface area contributed by atoms with Gasteiger partial charge in [0.25, 0.3) is 6.43 Å². The zero-order valence-corrected chi connectivity index (χ0v) is 7.75. The summed E-state index contributed by atoms with van der Waals surface area (Å²) in [6.45, 7) is 0. The molecule has 0 unspecified atom stereocenters. The smallest absolute Gasteiger partial charge is 0.307 e. The van der Waals surface area contributed by atoms with Crippen molar-refractivity contribution in [1.82, 2.24) is 4.98 Å². The lowest BCUT2D eigenvalue weighted by molar-refractivity contribution is -0.136. The highest BCUT2D eigenvalue weighted by molar-refractivity contribution is 5.71. The number of carboxylic acids is 1. The number of alkyl halides is 2. The lowest BCUT2D eigenvalue weighted by atomic mass is 10.0. The summed E-state index contributed by atoms with van der Waals surface area (Å²) in [6, 6.07) is 1.37. The summed E-state index contributed by atoms with van der Waals surface area (Å²) < 4.78 is 37.7. The van der Waals surface area contributed by atoms with Gasteiger partial charge in [-0.1, -0.05) is 0 Å². The second-order valence-electron chi connectivity index (χ2n) is 2.85. The molecular weight excluding hydrogens is 225 g/mol. The van der Waals surface area contributed by atoms with E-state index in [1.165, 1.54) is 6.07 Å². The van der Waals surface area contributed by atoms with Crippen molar-refractivity contribution in [2.45, 2.75) is 12.8 Å². The Morgan fingerprint density at radius 1 is 1.62 bits per heavy atom. The average molecular weight is 230 g/mol. The van der Waals surface area contributed by atoms with Crippen LogP contribution in [-0.4, -0.2) is 16.1 Å². The number of carbonyl (C=O) groups is 1. The number of rotatable bonds is 3. The molecular formula is C9H5F3N2O2. The summed E-state index contributed by atoms with van der Waals surface area (Å²) in [4.78, 5) is 13.4. The van der Waals surface area contributed by atoms with Gasteiger partial charge in [-0.25, -0.2) is 13.8 Å². The van der Waals surface area contributed by atoms with Crippen LogP contribution in [0.25, 0.3) is 0 Å². The number of pyridine rings is 1. The van der Waals surface area contributed by atoms with E-state index < -0.39 is 35.9 Å². The summed E-state index contributed by atoms with van der Waals surface area (Å²) in [5, 5.41) is 17.1. The Morgan fingerprint density at radius 3 is 2.69 bits per heavy atom. The van der Waals surface area contributed by atoms with Crippen molar-refractivity contribution in [3.63, 3.8) is 0 Å². The maximum atomic E-state index is 12.9. The molecule has 0 aliphatic heterocycles. The number of aromatic nitrogens is 1. The summed E-state index contributed by atoms with van der Waals surface area (Å²) in [5.41, 5.74) is -2.04. The van der Waals surface area contributed by atoms with E-state index >= 15 is 0 Å². The van der Waals surface area contributed by atoms with Gasteiger partial charge in [0.05, 0.1) is 17.5 Å². The van der Waals surface area contributed by atoms with Crippen LogP contribution >= 0.6 is 0 Å². The van der Waals surface area contributed by atoms with Gasteiger partial charge in [-0.05, 0) is 5.56 Å². The Kier molecular flexibility index (Phi) is 3.45. The van der Waals surface area contributed by atoms with E-state index in [-0.39, 0.29) is 5.56 Å². The maximum Gasteiger partial charge on any atom is 0.307 e. The average Bonchev–Trinajstić information content (AvgIpc) is 2.18. The number of hydrogen-bond acceptors (Lipinski definition) is 3. The molecule has 0 saturated carbocycles. The summed E-state index contributed by atoms with van der Waals surface area (Å²) in [6.07, 6.45) is -3.10. The van der Waals surface area contributed by atoms with Gasteiger partial charge in [0.1, 0.15) is 6.07 Å². The molecule has 1 N–H and O–H groups in total. The third-order valence-corrected chi connectivity index (χ3v) is 1.82. The van der Waals surface area contributed by atoms with Gasteiger partial charge in [0, 0.05) is 6.20 Å². The van der Waals surface area contributed by atoms with Gasteiger partial charge in [-0.15, -0.1) is 0 Å². The number of aliphatic carboxylic acids is 1. The minimum atomic E-state index is -3.21. The van der Waals surface area contributed by atoms with Gasteiger partial charge in [-0.2, -0.15) is 9.65 Å². The van der Waals surface area contributed by atoms with Crippen LogP contribution in [0.2, 0.25) is 0 Å². The minimum absolute atomic E-state index is 0.230. The molecule has 16 heavy (non-hydrogen) atoms. The fourth-order valence-electron chi connectivity index (χ4n) is 1.17. The first-order valence-corrected chi connectivity index (χ1v) is 4.04. The second-order valence-corrected chi connectivity index (χ2v) is 2.85. The maximum absolute atomic E-state index is 12.9. The first-order chi connectivity index (χ1) is 7.47. The molecule has 0 spiro atoms. The Labute approximate surface area is 88.0 Å². The largest absolute Gasteiger partial charge is 0.481 e. The monoisotopic (exact) mass is 230 g/mol. The third kappa shape index (κ3) is 2.28. The Balaban J connectivity index is 3.38. The van der Waals surface area contributed by atoms with Gasteiger partial charge >= 0.3 is 5.97 Å². The van der Waals surface area contributed by atoms with Crippen LogP contribution in [0.15, 0.2) is 6.20 Å². The highest BCUT2D eigenvalue weighted by Gasteiger charge is 2.23. The van der Waals surface area contributed by atoms with E-state index in [2.05, 4.69) is 4.98 Å². The highest BCUT2D eigenvalue weighted by Crippen LogP contribution is 2.26. The molecule has 0 aliphatic carbocycles. The SMILES string of the molecule is N#Cc1c(CC(=O)O)cnc(F)c1C(F)F. The Morgan fingerprint density at radius 2 is 2.25 bits per heavy atom. The molecule has 1 aromatic heterocycles. The number of nitriles is 1. The second kappa shape index (κ2) is 4.61. The van der Waals surface area contributed by atoms with Crippen molar-refractivity contribution in [2.24, 2.45) is 0 Å². The molecule has 0 bridgehead atoms. The molecule has 0 aliphatic rings. The standard InChI is InChI=1S/C9H5F3N2O2/c10-8(11)7-5(2-13)4(1-6(15)16)3-14-9(7)12/h3,8H,1H2,(H,15,16). The molecule has 0 aromatic carbocycles. The number of hydrogen-bond donors (Lipinski definition) is 1. The van der Waals surface area contributed by atoms with E-state index in [1.54, 1.807) is 0 Å². The van der Waals surface area contributed by atoms with Crippen molar-refractivity contribution >= 4 is 5.97 Å². The molecule has 1 aromatic rings. The molecule has 4 nitrogen and oxygen atoms in total. The van der Waals surface area contributed by atoms with E-state index in [0.29, 0.717) is 0 Å². The Hall–Kier alpha value is -2.10. The van der Waals surface area contributed by atoms with Gasteiger partial charge in [-0.3, -0.25) is 4.79 Å². The molecule has 7 heteroatoms. The topological polar surface area (TPSA) is 74.0 Å². The van der Waals surface area contributed by atoms with Crippen molar-refractivity contribution in [3.05, 3.63) is 28.8 Å². The fraction of sp³-hybridized carbons (Fsp3) is 0.222. The molecule has 0 atom stereocenters. The zero-order valence-electron chi connectivity index (χ0n) is 7.75. The normalized spacial score (nSPS) is 10.2. The van der Waals surface area contributed by atoms with Crippen molar-refractivity contribution in [1.29, 1.82) is 5.26 Å². The summed E-state index contributed by atoms with van der Waals surface area (Å²) in [7, 11) is 0. The quantitative estimate of drug-likeness (QED) is 0.801. The van der Waals surface area contributed by atoms with Crippen LogP contribution in [0.5, 0.6) is 0 Å². The van der Waals surface area contributed by atoms with Gasteiger partial charge in [0.15, 0.2) is 0 Å². The number of halogens is 3. The van der Waals surface area contributed by atoms with Crippen LogP contribution < -0.4 is 0 Å². The van der Waals surface area contributed by atoms with Crippen LogP contribution in [0.1, 0.15) is 23.1 Å². The van der Waals surface area contributed by atoms with Crippen LogP contribution in [0.3, 0.4) is 0 Å². The van der Waals surface area contributed by atoms with E-state index in [1.807, 2.05) is 0 Å². The lowest BCUT2D eigenvalue weighted by Crippen LogP contribution is -2.08. The van der Waals surface area contributed by atoms with Crippen LogP contribution in [0, 0.1) is 17.3 Å². The Bertz CT molecular complexity index is 469. The summed E-state index contributed by atoms with van der Waals surface area (Å²) in [5.74, 6) is -2.77. The molecule has 1 rings (SSSR count). The van der Waals surface area contributed by atoms with E-state index in [9.17, 15) is 18.0 Å². The van der Waals surface area contributed by atoms with E-state index in [0.717, 1.165) is 6.20 Å². The minimum Gasteiger partial charge on any atom is -0.481 e. The van der Waals surface area contributed by atoms with Crippen molar-refractivity contribution in [2.75, 3.05) is 0 Å². The molecule has 0 amide bonds. The first kappa shape index (κ1) is 12.0. The predicted molar refractivity (Wildman–Crippen MR) is 45.2 cm³/mol. The zero-order chi connectivity index (χ0) is 12.3. The van der Waals surface area contributed by atoms with Gasteiger partial charge in [0.2, 0.25) is 5.95 Å². The predicted octanol–water partition coefficient (Wildman–Crippen LogP) is 1.66. The van der Waals surface area contributed by atoms with Gasteiger partial charge < -0.3 is 5.11 Å². The third-order valence-electron chi connectivity index (χ3n) is 1.82. The molecule has 84 valence electrons. The number of carboxylic acid groups (broad SMARTS) is 1. The molecule has 0 radical (unpaired) electrons. The van der Waals surface area contributed by atoms with Crippen molar-refractivity contribution in [3.8, 4) is 6.07 Å². The molecule has 0 fully saturated rings. The van der Waals surface area contributed by atoms with E-state index in [4.69, 9.17) is 10.4 Å². The molecule has 0 saturated heterocycles.